The van der Waals surface area contributed by atoms with Gasteiger partial charge in [0.1, 0.15) is 5.56 Å². The molecule has 2 aliphatic carbocycles. The summed E-state index contributed by atoms with van der Waals surface area (Å²) in [5.74, 6) is -0.411. The molecule has 0 spiro atoms. The highest BCUT2D eigenvalue weighted by atomic mass is 16.7. The summed E-state index contributed by atoms with van der Waals surface area (Å²) in [6.07, 6.45) is 11.5. The van der Waals surface area contributed by atoms with Crippen LogP contribution in [0.5, 0.6) is 0 Å². The number of hydrogen-bond acceptors (Lipinski definition) is 5. The minimum atomic E-state index is -0.467. The fourth-order valence-corrected chi connectivity index (χ4v) is 3.99. The summed E-state index contributed by atoms with van der Waals surface area (Å²) in [7, 11) is 0. The minimum absolute atomic E-state index is 0.0204. The Morgan fingerprint density at radius 3 is 1.88 bits per heavy atom. The lowest BCUT2D eigenvalue weighted by atomic mass is 9.90. The first kappa shape index (κ1) is 17.9. The molecule has 2 fully saturated rings. The predicted molar refractivity (Wildman–Crippen MR) is 94.1 cm³/mol. The van der Waals surface area contributed by atoms with Gasteiger partial charge in [0.2, 0.25) is 0 Å². The monoisotopic (exact) mass is 346 g/mol. The number of hydroxylamine groups is 2. The van der Waals surface area contributed by atoms with Crippen LogP contribution in [0.2, 0.25) is 0 Å². The van der Waals surface area contributed by atoms with Crippen molar-refractivity contribution in [1.29, 1.82) is 0 Å². The summed E-state index contributed by atoms with van der Waals surface area (Å²) in [5.41, 5.74) is 0.343. The van der Waals surface area contributed by atoms with Gasteiger partial charge in [0, 0.05) is 12.1 Å². The van der Waals surface area contributed by atoms with Gasteiger partial charge in [-0.05, 0) is 42.9 Å². The van der Waals surface area contributed by atoms with Gasteiger partial charge in [-0.2, -0.15) is 4.84 Å². The number of benzene rings is 1. The van der Waals surface area contributed by atoms with Crippen molar-refractivity contribution in [1.82, 2.24) is 5.06 Å². The molecule has 2 saturated carbocycles. The molecule has 0 heterocycles. The molecule has 0 unspecified atom stereocenters. The molecule has 1 radical (unpaired) electrons. The van der Waals surface area contributed by atoms with Crippen LogP contribution in [0.25, 0.3) is 0 Å². The van der Waals surface area contributed by atoms with Crippen LogP contribution in [0.4, 0.5) is 5.69 Å². The van der Waals surface area contributed by atoms with E-state index in [0.29, 0.717) is 17.6 Å². The smallest absolute Gasteiger partial charge is 0.258 e. The van der Waals surface area contributed by atoms with Crippen LogP contribution in [-0.2, 0) is 4.84 Å². The van der Waals surface area contributed by atoms with E-state index in [4.69, 9.17) is 4.84 Å². The minimum Gasteiger partial charge on any atom is -0.258 e. The number of nitro groups is 1. The summed E-state index contributed by atoms with van der Waals surface area (Å²) >= 11 is 0. The van der Waals surface area contributed by atoms with E-state index in [9.17, 15) is 14.9 Å². The third-order valence-electron chi connectivity index (χ3n) is 5.37. The molecule has 2 aliphatic rings. The highest BCUT2D eigenvalue weighted by Crippen LogP contribution is 2.31. The number of carbonyl (C=O) groups excluding carboxylic acids is 1. The number of nitrogens with zero attached hydrogens (tertiary/aromatic N) is 2. The van der Waals surface area contributed by atoms with Crippen molar-refractivity contribution >= 4 is 11.7 Å². The molecule has 135 valence electrons. The molecule has 6 heteroatoms. The quantitative estimate of drug-likeness (QED) is 0.441. The van der Waals surface area contributed by atoms with Crippen molar-refractivity contribution in [3.63, 3.8) is 0 Å². The highest BCUT2D eigenvalue weighted by molar-refractivity contribution is 5.89. The second kappa shape index (κ2) is 8.43. The zero-order valence-corrected chi connectivity index (χ0v) is 14.6. The Morgan fingerprint density at radius 2 is 1.44 bits per heavy atom. The van der Waals surface area contributed by atoms with E-state index in [1.54, 1.807) is 0 Å². The van der Waals surface area contributed by atoms with E-state index < -0.39 is 10.9 Å². The molecule has 0 bridgehead atoms. The number of hydrogen-bond donors (Lipinski definition) is 0. The zero-order chi connectivity index (χ0) is 17.6. The average Bonchev–Trinajstić information content (AvgIpc) is 2.67. The summed E-state index contributed by atoms with van der Waals surface area (Å²) in [5, 5.41) is 12.7. The second-order valence-corrected chi connectivity index (χ2v) is 7.13. The number of nitro benzene ring substituents is 1. The van der Waals surface area contributed by atoms with Gasteiger partial charge in [0.25, 0.3) is 5.69 Å². The normalized spacial score (nSPS) is 19.7. The summed E-state index contributed by atoms with van der Waals surface area (Å²) in [4.78, 5) is 28.7. The Balaban J connectivity index is 1.71. The molecule has 0 amide bonds. The first-order chi connectivity index (χ1) is 12.1. The van der Waals surface area contributed by atoms with Crippen LogP contribution in [0.3, 0.4) is 0 Å². The molecule has 0 atom stereocenters. The predicted octanol–water partition coefficient (Wildman–Crippen LogP) is 4.63. The topological polar surface area (TPSA) is 75.5 Å². The lowest BCUT2D eigenvalue weighted by Crippen LogP contribution is -2.46. The van der Waals surface area contributed by atoms with Crippen LogP contribution in [0, 0.1) is 10.1 Å². The standard InChI is InChI=1S/C19H26N2O4/c22-19(15-11-13-18(14-12-15)21(23)24)25-20(16-7-3-1-4-8-16)17-9-5-2-6-10-17/h11-14,16-17H,1-10H2/q+1. The summed E-state index contributed by atoms with van der Waals surface area (Å²) in [6, 6.07) is 6.25. The van der Waals surface area contributed by atoms with Crippen molar-refractivity contribution in [2.75, 3.05) is 0 Å². The van der Waals surface area contributed by atoms with E-state index in [1.165, 1.54) is 62.8 Å². The largest absolute Gasteiger partial charge is 0.631 e. The highest BCUT2D eigenvalue weighted by Gasteiger charge is 2.38. The molecule has 3 rings (SSSR count). The van der Waals surface area contributed by atoms with Crippen LogP contribution in [0.15, 0.2) is 24.3 Å². The molecule has 1 aromatic carbocycles. The van der Waals surface area contributed by atoms with Gasteiger partial charge in [-0.3, -0.25) is 10.1 Å². The van der Waals surface area contributed by atoms with Crippen LogP contribution in [0.1, 0.15) is 74.6 Å². The van der Waals surface area contributed by atoms with E-state index >= 15 is 0 Å². The van der Waals surface area contributed by atoms with Crippen molar-refractivity contribution in [2.45, 2.75) is 76.3 Å². The lowest BCUT2D eigenvalue weighted by molar-refractivity contribution is -0.384. The Bertz CT molecular complexity index is 572. The van der Waals surface area contributed by atoms with E-state index in [-0.39, 0.29) is 5.69 Å². The molecular weight excluding hydrogens is 320 g/mol. The summed E-state index contributed by atoms with van der Waals surface area (Å²) < 4.78 is 0. The maximum atomic E-state index is 12.6. The lowest BCUT2D eigenvalue weighted by Gasteiger charge is -2.34. The van der Waals surface area contributed by atoms with E-state index in [2.05, 4.69) is 0 Å². The average molecular weight is 346 g/mol. The first-order valence-corrected chi connectivity index (χ1v) is 9.40. The van der Waals surface area contributed by atoms with Crippen LogP contribution in [-0.4, -0.2) is 28.0 Å². The Labute approximate surface area is 148 Å². The fraction of sp³-hybridized carbons (Fsp3) is 0.632. The van der Waals surface area contributed by atoms with Crippen molar-refractivity contribution < 1.29 is 14.6 Å². The molecule has 0 aromatic heterocycles. The Kier molecular flexibility index (Phi) is 6.02. The molecular formula is C19H26N2O4+. The maximum absolute atomic E-state index is 12.6. The molecule has 6 nitrogen and oxygen atoms in total. The van der Waals surface area contributed by atoms with Gasteiger partial charge < -0.3 is 0 Å². The molecule has 1 aromatic rings. The fourth-order valence-electron chi connectivity index (χ4n) is 3.99. The molecule has 0 saturated heterocycles. The third kappa shape index (κ3) is 4.57. The van der Waals surface area contributed by atoms with Crippen molar-refractivity contribution in [2.24, 2.45) is 0 Å². The first-order valence-electron chi connectivity index (χ1n) is 9.40. The van der Waals surface area contributed by atoms with E-state index in [1.807, 2.05) is 5.06 Å². The second-order valence-electron chi connectivity index (χ2n) is 7.13. The SMILES string of the molecule is O=[N+]([O-])c1ccc(C(=[O+])ON(C2CCCCC2)C2CCCCC2)cc1. The molecule has 0 aliphatic heterocycles. The Morgan fingerprint density at radius 1 is 0.960 bits per heavy atom. The molecule has 25 heavy (non-hydrogen) atoms. The number of non-ortho nitro benzene ring substituents is 1. The number of rotatable bonds is 5. The summed E-state index contributed by atoms with van der Waals surface area (Å²) in [6.45, 7) is 0. The maximum Gasteiger partial charge on any atom is 0.631 e. The number of carbonyl (C=O) groups is 1. The van der Waals surface area contributed by atoms with Gasteiger partial charge in [0.05, 0.1) is 21.8 Å². The van der Waals surface area contributed by atoms with Gasteiger partial charge in [0.15, 0.2) is 0 Å². The van der Waals surface area contributed by atoms with Gasteiger partial charge in [-0.25, -0.2) is 0 Å². The van der Waals surface area contributed by atoms with Gasteiger partial charge >= 0.3 is 5.97 Å². The Hall–Kier alpha value is -1.95. The molecule has 0 N–H and O–H groups in total. The van der Waals surface area contributed by atoms with Crippen LogP contribution >= 0.6 is 0 Å². The van der Waals surface area contributed by atoms with Gasteiger partial charge in [-0.1, -0.05) is 38.5 Å². The zero-order valence-electron chi connectivity index (χ0n) is 14.6. The third-order valence-corrected chi connectivity index (χ3v) is 5.37. The van der Waals surface area contributed by atoms with Crippen LogP contribution < -0.4 is 0 Å². The van der Waals surface area contributed by atoms with Crippen molar-refractivity contribution in [3.05, 3.63) is 39.9 Å². The van der Waals surface area contributed by atoms with Gasteiger partial charge in [-0.15, -0.1) is 0 Å². The van der Waals surface area contributed by atoms with E-state index in [0.717, 1.165) is 25.7 Å². The van der Waals surface area contributed by atoms with Crippen molar-refractivity contribution in [3.8, 4) is 0 Å².